The summed E-state index contributed by atoms with van der Waals surface area (Å²) in [6, 6.07) is 0. The zero-order valence-corrected chi connectivity index (χ0v) is 14.8. The van der Waals surface area contributed by atoms with Gasteiger partial charge < -0.3 is 0 Å². The molecule has 0 spiro atoms. The Morgan fingerprint density at radius 1 is 1.22 bits per heavy atom. The fourth-order valence-electron chi connectivity index (χ4n) is 2.62. The van der Waals surface area contributed by atoms with Crippen LogP contribution in [0.1, 0.15) is 58.8 Å². The summed E-state index contributed by atoms with van der Waals surface area (Å²) in [5.41, 5.74) is 1.71. The topological polar surface area (TPSA) is 0 Å². The summed E-state index contributed by atoms with van der Waals surface area (Å²) in [5.74, 6) is 0. The Labute approximate surface area is 122 Å². The number of hydrogen-bond donors (Lipinski definition) is 0. The van der Waals surface area contributed by atoms with E-state index >= 15 is 0 Å². The zero-order valence-electron chi connectivity index (χ0n) is 12.3. The molecule has 101 valence electrons. The summed E-state index contributed by atoms with van der Waals surface area (Å²) in [5, 5.41) is 0. The van der Waals surface area contributed by atoms with Gasteiger partial charge in [0.05, 0.1) is 0 Å². The van der Waals surface area contributed by atoms with Crippen molar-refractivity contribution in [2.24, 2.45) is 0 Å². The van der Waals surface area contributed by atoms with E-state index in [0.717, 1.165) is 6.42 Å². The van der Waals surface area contributed by atoms with Crippen molar-refractivity contribution >= 4 is 0 Å². The van der Waals surface area contributed by atoms with Gasteiger partial charge in [-0.25, -0.2) is 0 Å². The van der Waals surface area contributed by atoms with Crippen molar-refractivity contribution in [1.82, 2.24) is 0 Å². The van der Waals surface area contributed by atoms with Gasteiger partial charge in [0.25, 0.3) is 0 Å². The third kappa shape index (κ3) is 5.39. The third-order valence-electron chi connectivity index (χ3n) is 3.74. The average Bonchev–Trinajstić information content (AvgIpc) is 2.85. The van der Waals surface area contributed by atoms with Crippen LogP contribution in [0.4, 0.5) is 0 Å². The number of rotatable bonds is 10. The van der Waals surface area contributed by atoms with E-state index in [-0.39, 0.29) is 0 Å². The fraction of sp³-hybridized carbons (Fsp3) is 0.647. The van der Waals surface area contributed by atoms with Crippen molar-refractivity contribution in [2.75, 3.05) is 0 Å². The summed E-state index contributed by atoms with van der Waals surface area (Å²) < 4.78 is 5.13. The van der Waals surface area contributed by atoms with E-state index in [9.17, 15) is 0 Å². The molecule has 0 N–H and O–H groups in total. The molecular weight excluding hydrogens is 295 g/mol. The normalized spacial score (nSPS) is 14.3. The van der Waals surface area contributed by atoms with Crippen LogP contribution in [0.2, 0.25) is 8.26 Å². The molecule has 0 bridgehead atoms. The van der Waals surface area contributed by atoms with Crippen LogP contribution in [0.25, 0.3) is 0 Å². The molecule has 0 fully saturated rings. The zero-order chi connectivity index (χ0) is 13.2. The first-order chi connectivity index (χ1) is 8.83. The number of hydrogen-bond acceptors (Lipinski definition) is 0. The summed E-state index contributed by atoms with van der Waals surface area (Å²) in [6.07, 6.45) is 16.3. The van der Waals surface area contributed by atoms with Crippen LogP contribution < -0.4 is 0 Å². The predicted octanol–water partition coefficient (Wildman–Crippen LogP) is 6.22. The molecule has 0 amide bonds. The molecule has 1 rings (SSSR count). The quantitative estimate of drug-likeness (QED) is 0.418. The van der Waals surface area contributed by atoms with E-state index in [1.807, 2.05) is 3.28 Å². The molecule has 1 aliphatic carbocycles. The van der Waals surface area contributed by atoms with Gasteiger partial charge in [-0.15, -0.1) is 0 Å². The van der Waals surface area contributed by atoms with Crippen molar-refractivity contribution < 1.29 is 21.8 Å². The molecule has 0 saturated heterocycles. The predicted molar refractivity (Wildman–Crippen MR) is 79.6 cm³/mol. The van der Waals surface area contributed by atoms with Crippen molar-refractivity contribution in [3.05, 3.63) is 33.7 Å². The second kappa shape index (κ2) is 9.96. The van der Waals surface area contributed by atoms with E-state index in [1.54, 1.807) is 13.8 Å². The Morgan fingerprint density at radius 3 is 2.44 bits per heavy atom. The van der Waals surface area contributed by atoms with E-state index in [1.165, 1.54) is 38.5 Å². The van der Waals surface area contributed by atoms with Crippen LogP contribution in [0.3, 0.4) is 0 Å². The minimum atomic E-state index is -1.26. The molecule has 0 radical (unpaired) electrons. The number of unbranched alkanes of at least 4 members (excludes halogenated alkanes) is 2. The van der Waals surface area contributed by atoms with Gasteiger partial charge in [-0.2, -0.15) is 0 Å². The van der Waals surface area contributed by atoms with Crippen molar-refractivity contribution in [2.45, 2.75) is 67.1 Å². The molecule has 0 nitrogen and oxygen atoms in total. The summed E-state index contributed by atoms with van der Waals surface area (Å²) in [6.45, 7) is 8.53. The maximum absolute atomic E-state index is 3.86. The van der Waals surface area contributed by atoms with Gasteiger partial charge in [-0.1, -0.05) is 0 Å². The van der Waals surface area contributed by atoms with Crippen LogP contribution in [0.5, 0.6) is 0 Å². The van der Waals surface area contributed by atoms with E-state index in [2.05, 4.69) is 38.7 Å². The molecule has 1 aliphatic rings. The summed E-state index contributed by atoms with van der Waals surface area (Å²) in [7, 11) is 0. The fourth-order valence-corrected chi connectivity index (χ4v) is 11.2. The average molecular weight is 325 g/mol. The molecule has 0 atom stereocenters. The Bertz CT molecular complexity index is 291. The first-order valence-corrected chi connectivity index (χ1v) is 12.4. The first-order valence-electron chi connectivity index (χ1n) is 7.68. The molecule has 0 unspecified atom stereocenters. The van der Waals surface area contributed by atoms with Gasteiger partial charge in [0.15, 0.2) is 0 Å². The van der Waals surface area contributed by atoms with Gasteiger partial charge in [-0.3, -0.25) is 0 Å². The monoisotopic (exact) mass is 323 g/mol. The molecule has 0 aromatic heterocycles. The molecule has 0 heterocycles. The van der Waals surface area contributed by atoms with Crippen LogP contribution in [-0.2, 0) is 21.8 Å². The van der Waals surface area contributed by atoms with Crippen molar-refractivity contribution in [1.29, 1.82) is 0 Å². The molecule has 0 aromatic rings. The SMILES string of the molecule is C=CCCC1=[C]([Zr]([CH2]CCC)[CH2]CCC)CC=C1. The van der Waals surface area contributed by atoms with E-state index in [0.29, 0.717) is 0 Å². The third-order valence-corrected chi connectivity index (χ3v) is 11.8. The van der Waals surface area contributed by atoms with Crippen LogP contribution in [0, 0.1) is 0 Å². The van der Waals surface area contributed by atoms with Crippen molar-refractivity contribution in [3.63, 3.8) is 0 Å². The Hall–Kier alpha value is 0.103. The molecule has 1 heteroatoms. The van der Waals surface area contributed by atoms with Crippen LogP contribution >= 0.6 is 0 Å². The van der Waals surface area contributed by atoms with Crippen molar-refractivity contribution in [3.8, 4) is 0 Å². The van der Waals surface area contributed by atoms with Gasteiger partial charge in [0.1, 0.15) is 0 Å². The van der Waals surface area contributed by atoms with E-state index in [4.69, 9.17) is 0 Å². The van der Waals surface area contributed by atoms with Gasteiger partial charge >= 0.3 is 122 Å². The first kappa shape index (κ1) is 16.2. The number of allylic oxidation sites excluding steroid dienone is 5. The molecule has 0 aromatic carbocycles. The van der Waals surface area contributed by atoms with Crippen LogP contribution in [0.15, 0.2) is 33.7 Å². The molecule has 0 saturated carbocycles. The summed E-state index contributed by atoms with van der Waals surface area (Å²) in [4.78, 5) is 0. The second-order valence-corrected chi connectivity index (χ2v) is 12.2. The summed E-state index contributed by atoms with van der Waals surface area (Å²) >= 11 is -1.26. The molecule has 0 aliphatic heterocycles. The standard InChI is InChI=1S/C9H11.2C4H9.Zr/c1-2-3-6-9-7-4-5-8-9;2*1-3-4-2;/h2,4,7H,1,3,5-6H2;2*1,3-4H2,2H3;. The second-order valence-electron chi connectivity index (χ2n) is 5.25. The van der Waals surface area contributed by atoms with E-state index < -0.39 is 21.8 Å². The molecular formula is C17H29Zr. The van der Waals surface area contributed by atoms with Crippen LogP contribution in [-0.4, -0.2) is 0 Å². The Morgan fingerprint density at radius 2 is 1.89 bits per heavy atom. The Kier molecular flexibility index (Phi) is 8.94. The minimum absolute atomic E-state index is 1.15. The maximum atomic E-state index is 3.86. The van der Waals surface area contributed by atoms with Gasteiger partial charge in [0, 0.05) is 0 Å². The van der Waals surface area contributed by atoms with Gasteiger partial charge in [0.2, 0.25) is 0 Å². The van der Waals surface area contributed by atoms with Gasteiger partial charge in [-0.05, 0) is 0 Å². The Balaban J connectivity index is 2.65. The molecule has 18 heavy (non-hydrogen) atoms.